The maximum atomic E-state index is 11.0. The van der Waals surface area contributed by atoms with Crippen molar-refractivity contribution in [1.29, 1.82) is 0 Å². The Morgan fingerprint density at radius 3 is 1.92 bits per heavy atom. The molecule has 1 fully saturated rings. The first-order valence-corrected chi connectivity index (χ1v) is 4.18. The van der Waals surface area contributed by atoms with Crippen molar-refractivity contribution in [2.75, 3.05) is 14.2 Å². The van der Waals surface area contributed by atoms with Crippen molar-refractivity contribution in [1.82, 2.24) is 0 Å². The number of rotatable bonds is 3. The topological polar surface area (TPSA) is 87.6 Å². The van der Waals surface area contributed by atoms with Crippen LogP contribution in [0.5, 0.6) is 0 Å². The quantitative estimate of drug-likeness (QED) is 0.594. The highest BCUT2D eigenvalue weighted by Gasteiger charge is 2.47. The van der Waals surface area contributed by atoms with Gasteiger partial charge in [0.15, 0.2) is 0 Å². The van der Waals surface area contributed by atoms with Gasteiger partial charge >= 0.3 is 0 Å². The monoisotopic (exact) mass is 188 g/mol. The number of ether oxygens (including phenoxy) is 2. The van der Waals surface area contributed by atoms with Gasteiger partial charge < -0.3 is 20.9 Å². The molecule has 0 saturated heterocycles. The second-order valence-electron chi connectivity index (χ2n) is 3.48. The maximum absolute atomic E-state index is 11.0. The number of amides is 1. The van der Waals surface area contributed by atoms with Crippen LogP contribution < -0.4 is 11.5 Å². The lowest BCUT2D eigenvalue weighted by Gasteiger charge is -2.18. The van der Waals surface area contributed by atoms with E-state index in [0.717, 1.165) is 0 Å². The third-order valence-electron chi connectivity index (χ3n) is 2.64. The highest BCUT2D eigenvalue weighted by molar-refractivity contribution is 5.85. The highest BCUT2D eigenvalue weighted by atomic mass is 16.5. The summed E-state index contributed by atoms with van der Waals surface area (Å²) in [7, 11) is 3.15. The molecule has 0 aliphatic heterocycles. The molecule has 0 aromatic heterocycles. The SMILES string of the molecule is CO[C@H]1CC(N)(C(N)=O)C[C@@H]1OC. The maximum Gasteiger partial charge on any atom is 0.237 e. The Morgan fingerprint density at radius 1 is 1.31 bits per heavy atom. The summed E-state index contributed by atoms with van der Waals surface area (Å²) in [6.07, 6.45) is 0.583. The lowest BCUT2D eigenvalue weighted by molar-refractivity contribution is -0.123. The molecule has 76 valence electrons. The smallest absolute Gasteiger partial charge is 0.237 e. The number of methoxy groups -OCH3 is 2. The lowest BCUT2D eigenvalue weighted by atomic mass is 9.98. The zero-order chi connectivity index (χ0) is 10.1. The largest absolute Gasteiger partial charge is 0.379 e. The normalized spacial score (nSPS) is 31.9. The summed E-state index contributed by atoms with van der Waals surface area (Å²) in [5.41, 5.74) is 10.0. The van der Waals surface area contributed by atoms with Gasteiger partial charge in [-0.25, -0.2) is 0 Å². The Labute approximate surface area is 77.4 Å². The number of primary amides is 1. The Balaban J connectivity index is 2.72. The van der Waals surface area contributed by atoms with Crippen LogP contribution in [0.25, 0.3) is 0 Å². The number of hydrogen-bond donors (Lipinski definition) is 2. The van der Waals surface area contributed by atoms with E-state index in [2.05, 4.69) is 0 Å². The van der Waals surface area contributed by atoms with E-state index in [0.29, 0.717) is 12.8 Å². The molecule has 1 aliphatic carbocycles. The molecule has 0 spiro atoms. The Hall–Kier alpha value is -0.650. The summed E-state index contributed by atoms with van der Waals surface area (Å²) < 4.78 is 10.3. The van der Waals surface area contributed by atoms with E-state index in [1.807, 2.05) is 0 Å². The first kappa shape index (κ1) is 10.4. The molecule has 1 saturated carbocycles. The summed E-state index contributed by atoms with van der Waals surface area (Å²) in [5, 5.41) is 0. The predicted molar refractivity (Wildman–Crippen MR) is 46.9 cm³/mol. The summed E-state index contributed by atoms with van der Waals surface area (Å²) >= 11 is 0. The molecular weight excluding hydrogens is 172 g/mol. The van der Waals surface area contributed by atoms with Crippen LogP contribution in [-0.4, -0.2) is 37.9 Å². The predicted octanol–water partition coefficient (Wildman–Crippen LogP) is -1.01. The van der Waals surface area contributed by atoms with E-state index in [1.165, 1.54) is 0 Å². The van der Waals surface area contributed by atoms with Gasteiger partial charge in [0.25, 0.3) is 0 Å². The molecule has 0 bridgehead atoms. The zero-order valence-electron chi connectivity index (χ0n) is 7.95. The first-order chi connectivity index (χ1) is 6.03. The van der Waals surface area contributed by atoms with Gasteiger partial charge in [0, 0.05) is 27.1 Å². The fourth-order valence-electron chi connectivity index (χ4n) is 1.74. The number of carbonyl (C=O) groups excluding carboxylic acids is 1. The molecule has 0 aromatic carbocycles. The molecule has 13 heavy (non-hydrogen) atoms. The van der Waals surface area contributed by atoms with E-state index < -0.39 is 11.4 Å². The van der Waals surface area contributed by atoms with Gasteiger partial charge in [-0.1, -0.05) is 0 Å². The van der Waals surface area contributed by atoms with Crippen LogP contribution in [0.2, 0.25) is 0 Å². The van der Waals surface area contributed by atoms with Crippen LogP contribution in [0.1, 0.15) is 12.8 Å². The second-order valence-corrected chi connectivity index (χ2v) is 3.48. The first-order valence-electron chi connectivity index (χ1n) is 4.18. The third-order valence-corrected chi connectivity index (χ3v) is 2.64. The van der Waals surface area contributed by atoms with E-state index in [1.54, 1.807) is 14.2 Å². The minimum atomic E-state index is -0.971. The summed E-state index contributed by atoms with van der Waals surface area (Å²) in [6.45, 7) is 0. The second kappa shape index (κ2) is 3.61. The van der Waals surface area contributed by atoms with Crippen LogP contribution >= 0.6 is 0 Å². The molecule has 5 heteroatoms. The standard InChI is InChI=1S/C8H16N2O3/c1-12-5-3-8(10,7(9)11)4-6(5)13-2/h5-6H,3-4,10H2,1-2H3,(H2,9,11)/t5-,6-/m0/s1. The van der Waals surface area contributed by atoms with Crippen LogP contribution in [-0.2, 0) is 14.3 Å². The van der Waals surface area contributed by atoms with E-state index in [-0.39, 0.29) is 12.2 Å². The molecule has 2 atom stereocenters. The number of hydrogen-bond acceptors (Lipinski definition) is 4. The number of carbonyl (C=O) groups is 1. The molecule has 1 amide bonds. The highest BCUT2D eigenvalue weighted by Crippen LogP contribution is 2.31. The summed E-state index contributed by atoms with van der Waals surface area (Å²) in [4.78, 5) is 11.0. The van der Waals surface area contributed by atoms with Crippen molar-refractivity contribution >= 4 is 5.91 Å². The van der Waals surface area contributed by atoms with Crippen molar-refractivity contribution in [3.63, 3.8) is 0 Å². The fraction of sp³-hybridized carbons (Fsp3) is 0.875. The lowest BCUT2D eigenvalue weighted by Crippen LogP contribution is -2.50. The molecular formula is C8H16N2O3. The molecule has 1 aliphatic rings. The Bertz CT molecular complexity index is 196. The molecule has 4 N–H and O–H groups in total. The average Bonchev–Trinajstić information content (AvgIpc) is 2.43. The van der Waals surface area contributed by atoms with E-state index in [4.69, 9.17) is 20.9 Å². The zero-order valence-corrected chi connectivity index (χ0v) is 7.95. The van der Waals surface area contributed by atoms with Crippen molar-refractivity contribution in [2.24, 2.45) is 11.5 Å². The van der Waals surface area contributed by atoms with Crippen LogP contribution in [0.15, 0.2) is 0 Å². The van der Waals surface area contributed by atoms with Gasteiger partial charge in [0.2, 0.25) is 5.91 Å². The summed E-state index contributed by atoms with van der Waals surface area (Å²) in [6, 6.07) is 0. The van der Waals surface area contributed by atoms with Gasteiger partial charge in [0.05, 0.1) is 12.2 Å². The van der Waals surface area contributed by atoms with Crippen LogP contribution in [0, 0.1) is 0 Å². The van der Waals surface area contributed by atoms with Gasteiger partial charge in [-0.15, -0.1) is 0 Å². The van der Waals surface area contributed by atoms with Crippen molar-refractivity contribution in [3.05, 3.63) is 0 Å². The van der Waals surface area contributed by atoms with Gasteiger partial charge in [-0.2, -0.15) is 0 Å². The van der Waals surface area contributed by atoms with Crippen LogP contribution in [0.3, 0.4) is 0 Å². The van der Waals surface area contributed by atoms with E-state index in [9.17, 15) is 4.79 Å². The Kier molecular flexibility index (Phi) is 2.90. The minimum Gasteiger partial charge on any atom is -0.379 e. The Morgan fingerprint density at radius 2 is 1.69 bits per heavy atom. The molecule has 1 rings (SSSR count). The van der Waals surface area contributed by atoms with Gasteiger partial charge in [0.1, 0.15) is 5.54 Å². The van der Waals surface area contributed by atoms with Crippen molar-refractivity contribution in [3.8, 4) is 0 Å². The van der Waals surface area contributed by atoms with Gasteiger partial charge in [-0.05, 0) is 0 Å². The summed E-state index contributed by atoms with van der Waals surface area (Å²) in [5.74, 6) is -0.492. The van der Waals surface area contributed by atoms with Crippen molar-refractivity contribution < 1.29 is 14.3 Å². The molecule has 0 aromatic rings. The van der Waals surface area contributed by atoms with Crippen LogP contribution in [0.4, 0.5) is 0 Å². The van der Waals surface area contributed by atoms with E-state index >= 15 is 0 Å². The number of nitrogens with two attached hydrogens (primary N) is 2. The molecule has 0 unspecified atom stereocenters. The third kappa shape index (κ3) is 1.82. The fourth-order valence-corrected chi connectivity index (χ4v) is 1.74. The van der Waals surface area contributed by atoms with Crippen molar-refractivity contribution in [2.45, 2.75) is 30.6 Å². The average molecular weight is 188 g/mol. The molecule has 0 heterocycles. The minimum absolute atomic E-state index is 0.137. The van der Waals surface area contributed by atoms with Gasteiger partial charge in [-0.3, -0.25) is 4.79 Å². The molecule has 5 nitrogen and oxygen atoms in total. The molecule has 0 radical (unpaired) electrons.